The zero-order valence-electron chi connectivity index (χ0n) is 43.4. The maximum atomic E-state index is 12.8. The average molecular weight is 929 g/mol. The minimum Gasteiger partial charge on any atom is -0.462 e. The van der Waals surface area contributed by atoms with E-state index in [1.54, 1.807) is 0 Å². The van der Waals surface area contributed by atoms with E-state index in [0.717, 1.165) is 70.6 Å². The number of rotatable bonds is 48. The van der Waals surface area contributed by atoms with Crippen molar-refractivity contribution in [3.63, 3.8) is 0 Å². The standard InChI is InChI=1S/C61H100O6/c1-4-7-10-13-16-19-22-25-26-27-28-29-30-31-32-33-34-37-39-42-45-48-51-54-60(63)66-57-58(67-61(64)55-52-49-46-43-40-36-24-21-18-15-12-9-6-3)56-65-59(62)53-50-47-44-41-38-35-23-20-17-14-11-8-5-2/h8-9,11-12,17-18,20-21,27-28,35-36,38,40,44,46-47,49,58H,4-7,10,13-16,19,22-26,29-34,37,39,41-43,45,48,50-57H2,1-3H3/b11-8-,12-9-,20-17-,21-18-,28-27-,38-35-,40-36-,47-44-,49-46-. The zero-order chi connectivity index (χ0) is 48.6. The molecule has 0 aliphatic heterocycles. The lowest BCUT2D eigenvalue weighted by Gasteiger charge is -2.18. The molecule has 0 radical (unpaired) electrons. The van der Waals surface area contributed by atoms with Gasteiger partial charge in [0.1, 0.15) is 13.2 Å². The number of hydrogen-bond acceptors (Lipinski definition) is 6. The minimum atomic E-state index is -0.846. The molecule has 380 valence electrons. The molecule has 67 heavy (non-hydrogen) atoms. The molecule has 0 N–H and O–H groups in total. The van der Waals surface area contributed by atoms with Gasteiger partial charge in [-0.15, -0.1) is 0 Å². The summed E-state index contributed by atoms with van der Waals surface area (Å²) in [5, 5.41) is 0. The third-order valence-electron chi connectivity index (χ3n) is 11.3. The molecule has 0 aliphatic carbocycles. The molecule has 0 saturated carbocycles. The van der Waals surface area contributed by atoms with Crippen LogP contribution in [-0.4, -0.2) is 37.2 Å². The summed E-state index contributed by atoms with van der Waals surface area (Å²) in [6.45, 7) is 6.27. The second-order valence-electron chi connectivity index (χ2n) is 17.7. The Morgan fingerprint density at radius 1 is 0.313 bits per heavy atom. The van der Waals surface area contributed by atoms with Crippen LogP contribution in [-0.2, 0) is 28.6 Å². The maximum absolute atomic E-state index is 12.8. The number of esters is 3. The predicted molar refractivity (Wildman–Crippen MR) is 288 cm³/mol. The molecule has 1 unspecified atom stereocenters. The fourth-order valence-electron chi connectivity index (χ4n) is 7.23. The van der Waals surface area contributed by atoms with E-state index in [-0.39, 0.29) is 38.0 Å². The number of carbonyl (C=O) groups excluding carboxylic acids is 3. The van der Waals surface area contributed by atoms with Crippen molar-refractivity contribution >= 4 is 17.9 Å². The summed E-state index contributed by atoms with van der Waals surface area (Å²) in [6, 6.07) is 0. The van der Waals surface area contributed by atoms with Crippen molar-refractivity contribution in [1.82, 2.24) is 0 Å². The Labute approximate surface area is 412 Å². The first-order valence-electron chi connectivity index (χ1n) is 27.4. The highest BCUT2D eigenvalue weighted by molar-refractivity contribution is 5.71. The predicted octanol–water partition coefficient (Wildman–Crippen LogP) is 18.3. The summed E-state index contributed by atoms with van der Waals surface area (Å²) in [7, 11) is 0. The summed E-state index contributed by atoms with van der Waals surface area (Å²) < 4.78 is 16.7. The van der Waals surface area contributed by atoms with Gasteiger partial charge in [-0.2, -0.15) is 0 Å². The Hall–Kier alpha value is -3.93. The van der Waals surface area contributed by atoms with Crippen molar-refractivity contribution in [3.05, 3.63) is 109 Å². The van der Waals surface area contributed by atoms with Crippen LogP contribution in [0.2, 0.25) is 0 Å². The fourth-order valence-corrected chi connectivity index (χ4v) is 7.23. The van der Waals surface area contributed by atoms with Crippen LogP contribution < -0.4 is 0 Å². The molecule has 0 saturated heterocycles. The Balaban J connectivity index is 4.41. The number of hydrogen-bond donors (Lipinski definition) is 0. The molecule has 0 aromatic heterocycles. The largest absolute Gasteiger partial charge is 0.462 e. The third kappa shape index (κ3) is 52.9. The number of ether oxygens (including phenoxy) is 3. The average Bonchev–Trinajstić information content (AvgIpc) is 3.33. The molecule has 1 atom stereocenters. The van der Waals surface area contributed by atoms with Crippen molar-refractivity contribution in [2.75, 3.05) is 13.2 Å². The van der Waals surface area contributed by atoms with Gasteiger partial charge in [-0.25, -0.2) is 0 Å². The molecule has 0 fully saturated rings. The molecular weight excluding hydrogens is 829 g/mol. The van der Waals surface area contributed by atoms with Crippen molar-refractivity contribution in [1.29, 1.82) is 0 Å². The van der Waals surface area contributed by atoms with E-state index in [2.05, 4.69) is 106 Å². The third-order valence-corrected chi connectivity index (χ3v) is 11.3. The Kier molecular flexibility index (Phi) is 51.5. The van der Waals surface area contributed by atoms with E-state index in [4.69, 9.17) is 14.2 Å². The van der Waals surface area contributed by atoms with Crippen LogP contribution in [0, 0.1) is 0 Å². The molecule has 0 rings (SSSR count). The fraction of sp³-hybridized carbons (Fsp3) is 0.656. The highest BCUT2D eigenvalue weighted by Crippen LogP contribution is 2.14. The zero-order valence-corrected chi connectivity index (χ0v) is 43.4. The molecule has 6 nitrogen and oxygen atoms in total. The second-order valence-corrected chi connectivity index (χ2v) is 17.7. The molecule has 0 spiro atoms. The van der Waals surface area contributed by atoms with Crippen molar-refractivity contribution in [2.24, 2.45) is 0 Å². The molecule has 0 amide bonds. The smallest absolute Gasteiger partial charge is 0.306 e. The lowest BCUT2D eigenvalue weighted by Crippen LogP contribution is -2.30. The van der Waals surface area contributed by atoms with E-state index >= 15 is 0 Å². The van der Waals surface area contributed by atoms with E-state index in [9.17, 15) is 14.4 Å². The summed E-state index contributed by atoms with van der Waals surface area (Å²) in [5.41, 5.74) is 0. The topological polar surface area (TPSA) is 78.9 Å². The first-order chi connectivity index (χ1) is 33.0. The van der Waals surface area contributed by atoms with Crippen LogP contribution in [0.4, 0.5) is 0 Å². The highest BCUT2D eigenvalue weighted by atomic mass is 16.6. The van der Waals surface area contributed by atoms with Crippen LogP contribution in [0.15, 0.2) is 109 Å². The normalized spacial score (nSPS) is 12.9. The summed E-state index contributed by atoms with van der Waals surface area (Å²) in [6.07, 6.45) is 74.1. The molecule has 0 bridgehead atoms. The summed E-state index contributed by atoms with van der Waals surface area (Å²) in [4.78, 5) is 37.9. The van der Waals surface area contributed by atoms with Crippen LogP contribution in [0.25, 0.3) is 0 Å². The quantitative estimate of drug-likeness (QED) is 0.0262. The lowest BCUT2D eigenvalue weighted by molar-refractivity contribution is -0.166. The van der Waals surface area contributed by atoms with E-state index < -0.39 is 12.1 Å². The molecule has 0 aromatic carbocycles. The SMILES string of the molecule is CC/C=C\C/C=C\C/C=C\C/C=C\CCC(=O)OCC(COC(=O)CCCCCCCCCCCCC/C=C\CCCCCCCCCC)OC(=O)CC/C=C\C/C=C\C/C=C\C/C=C\CC. The second kappa shape index (κ2) is 54.7. The highest BCUT2D eigenvalue weighted by Gasteiger charge is 2.19. The molecule has 6 heteroatoms. The molecule has 0 heterocycles. The van der Waals surface area contributed by atoms with Gasteiger partial charge >= 0.3 is 17.9 Å². The Morgan fingerprint density at radius 2 is 0.612 bits per heavy atom. The number of carbonyl (C=O) groups is 3. The van der Waals surface area contributed by atoms with Crippen molar-refractivity contribution in [2.45, 2.75) is 245 Å². The molecular formula is C61H100O6. The van der Waals surface area contributed by atoms with Gasteiger partial charge in [0, 0.05) is 19.3 Å². The first kappa shape index (κ1) is 63.1. The number of allylic oxidation sites excluding steroid dienone is 18. The lowest BCUT2D eigenvalue weighted by atomic mass is 10.0. The van der Waals surface area contributed by atoms with Gasteiger partial charge < -0.3 is 14.2 Å². The van der Waals surface area contributed by atoms with Crippen molar-refractivity contribution < 1.29 is 28.6 Å². The van der Waals surface area contributed by atoms with Crippen LogP contribution in [0.5, 0.6) is 0 Å². The van der Waals surface area contributed by atoms with Gasteiger partial charge in [0.15, 0.2) is 6.10 Å². The Bertz CT molecular complexity index is 1390. The van der Waals surface area contributed by atoms with Crippen LogP contribution in [0.3, 0.4) is 0 Å². The Morgan fingerprint density at radius 3 is 1.00 bits per heavy atom. The summed E-state index contributed by atoms with van der Waals surface area (Å²) >= 11 is 0. The van der Waals surface area contributed by atoms with Gasteiger partial charge in [0.25, 0.3) is 0 Å². The van der Waals surface area contributed by atoms with Crippen LogP contribution in [0.1, 0.15) is 239 Å². The van der Waals surface area contributed by atoms with Gasteiger partial charge in [-0.05, 0) is 96.3 Å². The minimum absolute atomic E-state index is 0.130. The van der Waals surface area contributed by atoms with E-state index in [1.165, 1.54) is 116 Å². The van der Waals surface area contributed by atoms with Crippen molar-refractivity contribution in [3.8, 4) is 0 Å². The van der Waals surface area contributed by atoms with Gasteiger partial charge in [-0.1, -0.05) is 233 Å². The first-order valence-corrected chi connectivity index (χ1v) is 27.4. The number of unbranched alkanes of at least 4 members (excludes halogenated alkanes) is 19. The van der Waals surface area contributed by atoms with Gasteiger partial charge in [-0.3, -0.25) is 14.4 Å². The van der Waals surface area contributed by atoms with E-state index in [1.807, 2.05) is 24.3 Å². The van der Waals surface area contributed by atoms with E-state index in [0.29, 0.717) is 19.3 Å². The monoisotopic (exact) mass is 929 g/mol. The van der Waals surface area contributed by atoms with Gasteiger partial charge in [0.05, 0.1) is 0 Å². The van der Waals surface area contributed by atoms with Gasteiger partial charge in [0.2, 0.25) is 0 Å². The van der Waals surface area contributed by atoms with Crippen LogP contribution >= 0.6 is 0 Å². The summed E-state index contributed by atoms with van der Waals surface area (Å²) in [5.74, 6) is -1.10. The maximum Gasteiger partial charge on any atom is 0.306 e. The molecule has 0 aliphatic rings. The molecule has 0 aromatic rings.